The van der Waals surface area contributed by atoms with E-state index in [2.05, 4.69) is 15.1 Å². The molecule has 2 aliphatic heterocycles. The van der Waals surface area contributed by atoms with E-state index in [1.165, 1.54) is 37.3 Å². The second-order valence-corrected chi connectivity index (χ2v) is 13.0. The third-order valence-electron chi connectivity index (χ3n) is 7.31. The summed E-state index contributed by atoms with van der Waals surface area (Å²) in [6.45, 7) is 2.85. The van der Waals surface area contributed by atoms with E-state index in [1.807, 2.05) is 0 Å². The number of fused-ring (bicyclic) bond motifs is 1. The SMILES string of the molecule is CC(C)(O/N=C(\C(=O)C[C@@H]1C(=O)N2C(C(=O)O)=C(/C=C/C[n+]3cnc(N)c(CC(=O)CCN)c3N)CSC12)c1csc(N)n1)C(=O)O. The second-order valence-electron chi connectivity index (χ2n) is 11.0. The lowest BCUT2D eigenvalue weighted by atomic mass is 9.89. The number of nitrogens with zero attached hydrogens (tertiary/aromatic N) is 5. The minimum absolute atomic E-state index is 0.0297. The van der Waals surface area contributed by atoms with Gasteiger partial charge in [0.05, 0.1) is 23.4 Å². The average Bonchev–Trinajstić information content (AvgIpc) is 3.44. The highest BCUT2D eigenvalue weighted by atomic mass is 32.2. The Bertz CT molecular complexity index is 1720. The van der Waals surface area contributed by atoms with Crippen LogP contribution in [0, 0.1) is 5.92 Å². The van der Waals surface area contributed by atoms with Crippen LogP contribution in [0.4, 0.5) is 16.8 Å². The molecule has 19 heteroatoms. The Balaban J connectivity index is 1.51. The number of carboxylic acids is 2. The number of carbonyl (C=O) groups is 5. The molecule has 0 radical (unpaired) electrons. The zero-order valence-corrected chi connectivity index (χ0v) is 27.0. The average molecular weight is 689 g/mol. The van der Waals surface area contributed by atoms with Crippen LogP contribution in [0.15, 0.2) is 40.3 Å². The largest absolute Gasteiger partial charge is 0.478 e. The first kappa shape index (κ1) is 35.0. The molecule has 0 bridgehead atoms. The molecule has 2 aromatic rings. The summed E-state index contributed by atoms with van der Waals surface area (Å²) in [7, 11) is 0. The number of nitrogen functional groups attached to an aromatic ring is 3. The van der Waals surface area contributed by atoms with Gasteiger partial charge in [-0.1, -0.05) is 22.3 Å². The Kier molecular flexibility index (Phi) is 10.6. The van der Waals surface area contributed by atoms with Crippen molar-refractivity contribution in [3.8, 4) is 0 Å². The summed E-state index contributed by atoms with van der Waals surface area (Å²) >= 11 is 2.32. The Labute approximate surface area is 276 Å². The molecular formula is C28H34N9O8S2+. The zero-order valence-electron chi connectivity index (χ0n) is 25.4. The maximum atomic E-state index is 13.4. The third kappa shape index (κ3) is 7.58. The van der Waals surface area contributed by atoms with Crippen molar-refractivity contribution in [1.29, 1.82) is 0 Å². The lowest BCUT2D eigenvalue weighted by Crippen LogP contribution is -2.62. The first-order valence-electron chi connectivity index (χ1n) is 14.1. The Morgan fingerprint density at radius 2 is 1.96 bits per heavy atom. The van der Waals surface area contributed by atoms with Crippen molar-refractivity contribution in [2.75, 3.05) is 29.5 Å². The van der Waals surface area contributed by atoms with Crippen molar-refractivity contribution in [1.82, 2.24) is 14.9 Å². The summed E-state index contributed by atoms with van der Waals surface area (Å²) in [5.41, 5.74) is 21.8. The smallest absolute Gasteiger partial charge is 0.352 e. The number of β-lactam (4-membered cyclic amide) rings is 1. The highest BCUT2D eigenvalue weighted by Gasteiger charge is 2.54. The van der Waals surface area contributed by atoms with E-state index in [4.69, 9.17) is 27.8 Å². The molecule has 0 aromatic carbocycles. The number of anilines is 3. The first-order chi connectivity index (χ1) is 22.2. The van der Waals surface area contributed by atoms with Crippen LogP contribution in [-0.2, 0) is 41.8 Å². The number of ketones is 2. The van der Waals surface area contributed by atoms with E-state index in [1.54, 1.807) is 16.7 Å². The van der Waals surface area contributed by atoms with E-state index < -0.39 is 40.5 Å². The van der Waals surface area contributed by atoms with Crippen molar-refractivity contribution >= 4 is 75.0 Å². The molecule has 47 heavy (non-hydrogen) atoms. The molecule has 1 saturated heterocycles. The number of amides is 1. The first-order valence-corrected chi connectivity index (χ1v) is 16.0. The number of nitrogens with two attached hydrogens (primary N) is 4. The van der Waals surface area contributed by atoms with Crippen molar-refractivity contribution < 1.29 is 43.6 Å². The summed E-state index contributed by atoms with van der Waals surface area (Å²) in [4.78, 5) is 77.0. The van der Waals surface area contributed by atoms with Crippen LogP contribution in [0.2, 0.25) is 0 Å². The van der Waals surface area contributed by atoms with Gasteiger partial charge in [0.15, 0.2) is 16.6 Å². The van der Waals surface area contributed by atoms with E-state index in [0.29, 0.717) is 11.1 Å². The Hall–Kier alpha value is -4.88. The quantitative estimate of drug-likeness (QED) is 0.0606. The van der Waals surface area contributed by atoms with Crippen molar-refractivity contribution in [3.63, 3.8) is 0 Å². The number of thiazole rings is 1. The number of hydrogen-bond donors (Lipinski definition) is 6. The van der Waals surface area contributed by atoms with Crippen molar-refractivity contribution in [2.45, 2.75) is 50.6 Å². The van der Waals surface area contributed by atoms with Crippen LogP contribution >= 0.6 is 23.1 Å². The number of aliphatic carboxylic acids is 2. The van der Waals surface area contributed by atoms with Crippen LogP contribution in [-0.4, -0.2) is 83.5 Å². The lowest BCUT2D eigenvalue weighted by Gasteiger charge is -2.49. The number of oxime groups is 1. The number of carbonyl (C=O) groups excluding carboxylic acids is 3. The monoisotopic (exact) mass is 688 g/mol. The van der Waals surface area contributed by atoms with Crippen LogP contribution < -0.4 is 27.5 Å². The van der Waals surface area contributed by atoms with Crippen LogP contribution in [0.5, 0.6) is 0 Å². The Morgan fingerprint density at radius 1 is 1.23 bits per heavy atom. The molecule has 2 aromatic heterocycles. The molecule has 10 N–H and O–H groups in total. The van der Waals surface area contributed by atoms with Gasteiger partial charge in [-0.2, -0.15) is 0 Å². The standard InChI is InChI=1S/C28H33N9O8S2/c1-28(2,26(43)44)45-35-19(17-11-47-27(32)34-17)18(39)9-16-23(40)37-20(25(41)42)13(10-46-24(16)37)4-3-7-36-12-33-21(30)15(22(36)31)8-14(38)5-6-29/h3-4,11-12,16,24H,5-10,29H2,1-2H3,(H7,30,31,32,34,41,42,43,44)/p+1/b4-3+,35-19-/t16-,24?/m1/s1. The highest BCUT2D eigenvalue weighted by Crippen LogP contribution is 2.45. The maximum Gasteiger partial charge on any atom is 0.352 e. The normalized spacial score (nSPS) is 18.2. The molecule has 0 aliphatic carbocycles. The fraction of sp³-hybridized carbons (Fsp3) is 0.393. The number of thioether (sulfide) groups is 1. The fourth-order valence-corrected chi connectivity index (χ4v) is 6.63. The zero-order chi connectivity index (χ0) is 34.6. The number of hydrogen-bond acceptors (Lipinski definition) is 15. The number of carboxylic acid groups (broad SMARTS) is 2. The van der Waals surface area contributed by atoms with E-state index in [9.17, 15) is 34.2 Å². The van der Waals surface area contributed by atoms with Crippen LogP contribution in [0.3, 0.4) is 0 Å². The summed E-state index contributed by atoms with van der Waals surface area (Å²) in [5, 5.41) is 24.1. The predicted octanol–water partition coefficient (Wildman–Crippen LogP) is -0.298. The molecule has 4 rings (SSSR count). The minimum atomic E-state index is -1.76. The molecule has 0 saturated carbocycles. The lowest BCUT2D eigenvalue weighted by molar-refractivity contribution is -0.675. The van der Waals surface area contributed by atoms with Gasteiger partial charge in [0.25, 0.3) is 0 Å². The van der Waals surface area contributed by atoms with Crippen molar-refractivity contribution in [2.24, 2.45) is 16.8 Å². The summed E-state index contributed by atoms with van der Waals surface area (Å²) < 4.78 is 1.55. The van der Waals surface area contributed by atoms with Gasteiger partial charge in [-0.15, -0.1) is 23.1 Å². The van der Waals surface area contributed by atoms with Crippen molar-refractivity contribution in [3.05, 3.63) is 46.4 Å². The number of Topliss-reactive ketones (excluding diaryl/α,β-unsaturated/α-hetero) is 2. The number of aromatic nitrogens is 3. The predicted molar refractivity (Wildman–Crippen MR) is 172 cm³/mol. The van der Waals surface area contributed by atoms with Gasteiger partial charge in [-0.05, 0) is 26.0 Å². The summed E-state index contributed by atoms with van der Waals surface area (Å²) in [5.74, 6) is -4.32. The number of rotatable bonds is 15. The van der Waals surface area contributed by atoms with Gasteiger partial charge in [0.1, 0.15) is 17.2 Å². The van der Waals surface area contributed by atoms with Gasteiger partial charge in [-0.25, -0.2) is 19.1 Å². The maximum absolute atomic E-state index is 13.4. The second kappa shape index (κ2) is 14.3. The summed E-state index contributed by atoms with van der Waals surface area (Å²) in [6, 6.07) is 0. The molecule has 1 fully saturated rings. The minimum Gasteiger partial charge on any atom is -0.478 e. The molecule has 1 amide bonds. The summed E-state index contributed by atoms with van der Waals surface area (Å²) in [6.07, 6.45) is 4.39. The molecule has 2 atom stereocenters. The molecular weight excluding hydrogens is 654 g/mol. The number of allylic oxidation sites excluding steroid dienone is 2. The molecule has 17 nitrogen and oxygen atoms in total. The fourth-order valence-electron chi connectivity index (χ4n) is 4.70. The van der Waals surface area contributed by atoms with E-state index in [0.717, 1.165) is 16.2 Å². The van der Waals surface area contributed by atoms with Gasteiger partial charge < -0.3 is 38.0 Å². The third-order valence-corrected chi connectivity index (χ3v) is 9.34. The van der Waals surface area contributed by atoms with Gasteiger partial charge >= 0.3 is 11.9 Å². The highest BCUT2D eigenvalue weighted by molar-refractivity contribution is 8.00. The molecule has 2 aliphatic rings. The molecule has 0 spiro atoms. The van der Waals surface area contributed by atoms with Crippen LogP contribution in [0.1, 0.15) is 37.9 Å². The van der Waals surface area contributed by atoms with Gasteiger partial charge in [-0.3, -0.25) is 19.3 Å². The molecule has 4 heterocycles. The van der Waals surface area contributed by atoms with Gasteiger partial charge in [0.2, 0.25) is 29.5 Å². The topological polar surface area (TPSA) is 284 Å². The van der Waals surface area contributed by atoms with E-state index >= 15 is 0 Å². The van der Waals surface area contributed by atoms with Gasteiger partial charge in [0, 0.05) is 30.4 Å². The Morgan fingerprint density at radius 3 is 2.57 bits per heavy atom. The molecule has 1 unspecified atom stereocenters. The van der Waals surface area contributed by atoms with Crippen LogP contribution in [0.25, 0.3) is 0 Å². The van der Waals surface area contributed by atoms with E-state index in [-0.39, 0.29) is 77.8 Å². The molecule has 250 valence electrons.